The number of anilines is 1. The van der Waals surface area contributed by atoms with E-state index in [0.717, 1.165) is 16.8 Å². The first kappa shape index (κ1) is 11.6. The van der Waals surface area contributed by atoms with E-state index >= 15 is 0 Å². The number of hydrogen-bond acceptors (Lipinski definition) is 3. The molecule has 0 aromatic heterocycles. The summed E-state index contributed by atoms with van der Waals surface area (Å²) >= 11 is 0. The van der Waals surface area contributed by atoms with E-state index in [2.05, 4.69) is 10.3 Å². The third-order valence-corrected chi connectivity index (χ3v) is 2.63. The van der Waals surface area contributed by atoms with Crippen LogP contribution in [0.2, 0.25) is 0 Å². The van der Waals surface area contributed by atoms with E-state index in [4.69, 9.17) is 4.74 Å². The van der Waals surface area contributed by atoms with Crippen LogP contribution in [0.4, 0.5) is 5.69 Å². The molecule has 0 fully saturated rings. The molecule has 0 bridgehead atoms. The van der Waals surface area contributed by atoms with Crippen LogP contribution < -0.4 is 5.32 Å². The molecule has 1 aliphatic rings. The Labute approximate surface area is 101 Å². The number of nitrogens with zero attached hydrogens (tertiary/aromatic N) is 1. The summed E-state index contributed by atoms with van der Waals surface area (Å²) in [5, 5.41) is 2.88. The topological polar surface area (TPSA) is 50.7 Å². The lowest BCUT2D eigenvalue weighted by Gasteiger charge is -2.09. The summed E-state index contributed by atoms with van der Waals surface area (Å²) in [6, 6.07) is 5.98. The standard InChI is InChI=1S/C13H16N2O2/c1-9-3-4-10(2)11(7-9)15-12(16)8-13-14-5-6-17-13/h3-4,7H,5-6,8H2,1-2H3,(H,15,16). The van der Waals surface area contributed by atoms with Crippen molar-refractivity contribution < 1.29 is 9.53 Å². The van der Waals surface area contributed by atoms with Gasteiger partial charge >= 0.3 is 0 Å². The molecule has 1 N–H and O–H groups in total. The average Bonchev–Trinajstić information content (AvgIpc) is 2.76. The highest BCUT2D eigenvalue weighted by Gasteiger charge is 2.13. The Morgan fingerprint density at radius 1 is 1.47 bits per heavy atom. The SMILES string of the molecule is Cc1ccc(C)c(NC(=O)CC2=NCCO2)c1. The fraction of sp³-hybridized carbons (Fsp3) is 0.385. The summed E-state index contributed by atoms with van der Waals surface area (Å²) < 4.78 is 5.20. The Morgan fingerprint density at radius 3 is 3.00 bits per heavy atom. The normalized spacial score (nSPS) is 14.1. The molecule has 0 spiro atoms. The second-order valence-electron chi connectivity index (χ2n) is 4.17. The van der Waals surface area contributed by atoms with Gasteiger partial charge in [0.1, 0.15) is 13.0 Å². The molecule has 0 saturated carbocycles. The van der Waals surface area contributed by atoms with E-state index in [9.17, 15) is 4.79 Å². The lowest BCUT2D eigenvalue weighted by Crippen LogP contribution is -2.17. The summed E-state index contributed by atoms with van der Waals surface area (Å²) in [6.45, 7) is 5.22. The van der Waals surface area contributed by atoms with Gasteiger partial charge in [0.05, 0.1) is 6.54 Å². The monoisotopic (exact) mass is 232 g/mol. The van der Waals surface area contributed by atoms with Crippen molar-refractivity contribution in [3.63, 3.8) is 0 Å². The van der Waals surface area contributed by atoms with Crippen molar-refractivity contribution in [3.05, 3.63) is 29.3 Å². The molecule has 4 heteroatoms. The highest BCUT2D eigenvalue weighted by atomic mass is 16.5. The summed E-state index contributed by atoms with van der Waals surface area (Å²) in [5.74, 6) is 0.451. The molecular weight excluding hydrogens is 216 g/mol. The molecule has 1 amide bonds. The number of aryl methyl sites for hydroxylation is 2. The van der Waals surface area contributed by atoms with Gasteiger partial charge in [0.25, 0.3) is 0 Å². The minimum absolute atomic E-state index is 0.0839. The minimum Gasteiger partial charge on any atom is -0.479 e. The van der Waals surface area contributed by atoms with Gasteiger partial charge in [-0.1, -0.05) is 12.1 Å². The van der Waals surface area contributed by atoms with Gasteiger partial charge in [0.15, 0.2) is 5.90 Å². The van der Waals surface area contributed by atoms with Crippen LogP contribution in [0.1, 0.15) is 17.5 Å². The van der Waals surface area contributed by atoms with E-state index in [-0.39, 0.29) is 12.3 Å². The third kappa shape index (κ3) is 3.06. The molecule has 1 heterocycles. The van der Waals surface area contributed by atoms with E-state index in [0.29, 0.717) is 19.0 Å². The van der Waals surface area contributed by atoms with Crippen LogP contribution in [0.3, 0.4) is 0 Å². The predicted octanol–water partition coefficient (Wildman–Crippen LogP) is 2.06. The Hall–Kier alpha value is -1.84. The molecule has 17 heavy (non-hydrogen) atoms. The maximum Gasteiger partial charge on any atom is 0.233 e. The number of amides is 1. The van der Waals surface area contributed by atoms with Gasteiger partial charge in [0, 0.05) is 5.69 Å². The van der Waals surface area contributed by atoms with Crippen molar-refractivity contribution >= 4 is 17.5 Å². The summed E-state index contributed by atoms with van der Waals surface area (Å²) in [7, 11) is 0. The first-order valence-electron chi connectivity index (χ1n) is 5.68. The molecule has 90 valence electrons. The number of nitrogens with one attached hydrogen (secondary N) is 1. The van der Waals surface area contributed by atoms with Crippen molar-refractivity contribution in [2.45, 2.75) is 20.3 Å². The molecule has 0 saturated heterocycles. The van der Waals surface area contributed by atoms with Crippen molar-refractivity contribution in [1.82, 2.24) is 0 Å². The molecular formula is C13H16N2O2. The van der Waals surface area contributed by atoms with Gasteiger partial charge in [-0.3, -0.25) is 9.79 Å². The summed E-state index contributed by atoms with van der Waals surface area (Å²) in [4.78, 5) is 15.9. The average molecular weight is 232 g/mol. The Morgan fingerprint density at radius 2 is 2.29 bits per heavy atom. The molecule has 0 radical (unpaired) electrons. The zero-order valence-electron chi connectivity index (χ0n) is 10.1. The molecule has 0 atom stereocenters. The molecule has 2 rings (SSSR count). The van der Waals surface area contributed by atoms with E-state index < -0.39 is 0 Å². The van der Waals surface area contributed by atoms with Crippen molar-refractivity contribution in [2.24, 2.45) is 4.99 Å². The van der Waals surface area contributed by atoms with Crippen molar-refractivity contribution in [2.75, 3.05) is 18.5 Å². The zero-order valence-corrected chi connectivity index (χ0v) is 10.1. The molecule has 0 unspecified atom stereocenters. The lowest BCUT2D eigenvalue weighted by molar-refractivity contribution is -0.115. The van der Waals surface area contributed by atoms with E-state index in [1.54, 1.807) is 0 Å². The molecule has 1 aliphatic heterocycles. The summed E-state index contributed by atoms with van der Waals surface area (Å²) in [6.07, 6.45) is 0.216. The number of rotatable bonds is 3. The van der Waals surface area contributed by atoms with Crippen LogP contribution in [0.15, 0.2) is 23.2 Å². The van der Waals surface area contributed by atoms with Gasteiger partial charge in [-0.25, -0.2) is 0 Å². The second-order valence-corrected chi connectivity index (χ2v) is 4.17. The van der Waals surface area contributed by atoms with Crippen molar-refractivity contribution in [3.8, 4) is 0 Å². The Balaban J connectivity index is 2.00. The first-order chi connectivity index (χ1) is 8.15. The van der Waals surface area contributed by atoms with Gasteiger partial charge < -0.3 is 10.1 Å². The van der Waals surface area contributed by atoms with Gasteiger partial charge in [-0.05, 0) is 31.0 Å². The maximum atomic E-state index is 11.8. The minimum atomic E-state index is -0.0839. The lowest BCUT2D eigenvalue weighted by atomic mass is 10.1. The van der Waals surface area contributed by atoms with E-state index in [1.807, 2.05) is 32.0 Å². The fourth-order valence-corrected chi connectivity index (χ4v) is 1.69. The number of carbonyl (C=O) groups is 1. The maximum absolute atomic E-state index is 11.8. The first-order valence-corrected chi connectivity index (χ1v) is 5.68. The highest BCUT2D eigenvalue weighted by Crippen LogP contribution is 2.16. The molecule has 1 aromatic carbocycles. The number of carbonyl (C=O) groups excluding carboxylic acids is 1. The van der Waals surface area contributed by atoms with Crippen LogP contribution in [-0.4, -0.2) is 25.0 Å². The quantitative estimate of drug-likeness (QED) is 0.867. The molecule has 0 aliphatic carbocycles. The van der Waals surface area contributed by atoms with Crippen LogP contribution in [0.5, 0.6) is 0 Å². The fourth-order valence-electron chi connectivity index (χ4n) is 1.69. The predicted molar refractivity (Wildman–Crippen MR) is 67.4 cm³/mol. The zero-order chi connectivity index (χ0) is 12.3. The van der Waals surface area contributed by atoms with Gasteiger partial charge in [-0.2, -0.15) is 0 Å². The van der Waals surface area contributed by atoms with Crippen LogP contribution >= 0.6 is 0 Å². The highest BCUT2D eigenvalue weighted by molar-refractivity contribution is 6.04. The smallest absolute Gasteiger partial charge is 0.233 e. The summed E-state index contributed by atoms with van der Waals surface area (Å²) in [5.41, 5.74) is 3.03. The number of hydrogen-bond donors (Lipinski definition) is 1. The largest absolute Gasteiger partial charge is 0.479 e. The number of benzene rings is 1. The molecule has 1 aromatic rings. The second kappa shape index (κ2) is 4.99. The van der Waals surface area contributed by atoms with Crippen molar-refractivity contribution in [1.29, 1.82) is 0 Å². The van der Waals surface area contributed by atoms with Crippen LogP contribution in [-0.2, 0) is 9.53 Å². The van der Waals surface area contributed by atoms with Crippen LogP contribution in [0.25, 0.3) is 0 Å². The number of aliphatic imine (C=N–C) groups is 1. The van der Waals surface area contributed by atoms with E-state index in [1.165, 1.54) is 0 Å². The van der Waals surface area contributed by atoms with Crippen LogP contribution in [0, 0.1) is 13.8 Å². The van der Waals surface area contributed by atoms with Gasteiger partial charge in [0.2, 0.25) is 5.91 Å². The number of ether oxygens (including phenoxy) is 1. The van der Waals surface area contributed by atoms with Gasteiger partial charge in [-0.15, -0.1) is 0 Å². The molecule has 4 nitrogen and oxygen atoms in total. The third-order valence-electron chi connectivity index (χ3n) is 2.63. The Bertz CT molecular complexity index is 466. The Kier molecular flexibility index (Phi) is 3.42.